The Morgan fingerprint density at radius 3 is 2.73 bits per heavy atom. The summed E-state index contributed by atoms with van der Waals surface area (Å²) in [6, 6.07) is 1.33. The Labute approximate surface area is 152 Å². The van der Waals surface area contributed by atoms with Crippen LogP contribution in [0.25, 0.3) is 10.2 Å². The number of H-pyrrole nitrogens is 1. The Kier molecular flexibility index (Phi) is 3.72. The van der Waals surface area contributed by atoms with Crippen LogP contribution in [-0.4, -0.2) is 33.3 Å². The summed E-state index contributed by atoms with van der Waals surface area (Å²) in [5.74, 6) is 0. The molecule has 11 heteroatoms. The van der Waals surface area contributed by atoms with E-state index in [1.165, 1.54) is 6.07 Å². The van der Waals surface area contributed by atoms with Crippen LogP contribution in [0.2, 0.25) is 0 Å². The number of nitrogens with zero attached hydrogens (tertiary/aromatic N) is 3. The summed E-state index contributed by atoms with van der Waals surface area (Å²) in [7, 11) is -1.99. The van der Waals surface area contributed by atoms with Crippen LogP contribution >= 0.6 is 11.3 Å². The van der Waals surface area contributed by atoms with E-state index in [2.05, 4.69) is 14.8 Å². The highest BCUT2D eigenvalue weighted by atomic mass is 32.2. The molecule has 0 unspecified atom stereocenters. The fraction of sp³-hybridized carbons (Fsp3) is 0.400. The number of thiophene rings is 1. The standard InChI is InChI=1S/C15H17N5O4S2/c1-15(3-4-15)18-26(23,24)11-5-10-12(25-11)17-14(22)20(13(10)21)8-9-6-16-19(2)7-9/h5-7,18H,3-4,8H2,1-2H3,(H,17,22). The van der Waals surface area contributed by atoms with Crippen LogP contribution in [0.3, 0.4) is 0 Å². The Bertz CT molecular complexity index is 1230. The van der Waals surface area contributed by atoms with Crippen molar-refractivity contribution in [2.75, 3.05) is 0 Å². The number of fused-ring (bicyclic) bond motifs is 1. The zero-order valence-corrected chi connectivity index (χ0v) is 15.8. The normalized spacial score (nSPS) is 16.2. The van der Waals surface area contributed by atoms with E-state index in [-0.39, 0.29) is 21.0 Å². The lowest BCUT2D eigenvalue weighted by atomic mass is 10.3. The van der Waals surface area contributed by atoms with Gasteiger partial charge in [-0.15, -0.1) is 11.3 Å². The van der Waals surface area contributed by atoms with Crippen molar-refractivity contribution in [1.82, 2.24) is 24.1 Å². The van der Waals surface area contributed by atoms with Crippen LogP contribution in [0.4, 0.5) is 0 Å². The minimum Gasteiger partial charge on any atom is -0.298 e. The van der Waals surface area contributed by atoms with Crippen LogP contribution < -0.4 is 16.0 Å². The summed E-state index contributed by atoms with van der Waals surface area (Å²) in [6.45, 7) is 1.90. The number of rotatable bonds is 5. The van der Waals surface area contributed by atoms with E-state index in [4.69, 9.17) is 0 Å². The van der Waals surface area contributed by atoms with Gasteiger partial charge in [0.15, 0.2) is 0 Å². The van der Waals surface area contributed by atoms with Crippen molar-refractivity contribution in [3.63, 3.8) is 0 Å². The van der Waals surface area contributed by atoms with Gasteiger partial charge in [0.25, 0.3) is 15.6 Å². The van der Waals surface area contributed by atoms with Gasteiger partial charge in [0.05, 0.1) is 18.1 Å². The second kappa shape index (κ2) is 5.63. The lowest BCUT2D eigenvalue weighted by Crippen LogP contribution is -2.34. The van der Waals surface area contributed by atoms with Crippen LogP contribution in [0.5, 0.6) is 0 Å². The first-order chi connectivity index (χ1) is 12.2. The minimum atomic E-state index is -3.73. The molecule has 3 aromatic heterocycles. The number of hydrogen-bond donors (Lipinski definition) is 2. The zero-order valence-electron chi connectivity index (χ0n) is 14.1. The molecule has 1 aliphatic rings. The largest absolute Gasteiger partial charge is 0.329 e. The van der Waals surface area contributed by atoms with E-state index in [0.29, 0.717) is 5.56 Å². The zero-order chi connectivity index (χ0) is 18.7. The molecule has 0 amide bonds. The maximum atomic E-state index is 12.7. The molecule has 1 aliphatic carbocycles. The summed E-state index contributed by atoms with van der Waals surface area (Å²) in [5, 5.41) is 4.19. The molecule has 4 rings (SSSR count). The van der Waals surface area contributed by atoms with Crippen LogP contribution in [0.1, 0.15) is 25.3 Å². The summed E-state index contributed by atoms with van der Waals surface area (Å²) < 4.78 is 30.3. The van der Waals surface area contributed by atoms with E-state index >= 15 is 0 Å². The fourth-order valence-electron chi connectivity index (χ4n) is 2.70. The molecule has 1 saturated carbocycles. The van der Waals surface area contributed by atoms with Crippen molar-refractivity contribution in [3.8, 4) is 0 Å². The first-order valence-corrected chi connectivity index (χ1v) is 10.3. The molecule has 3 heterocycles. The van der Waals surface area contributed by atoms with Crippen molar-refractivity contribution < 1.29 is 8.42 Å². The second-order valence-corrected chi connectivity index (χ2v) is 9.78. The van der Waals surface area contributed by atoms with Crippen LogP contribution in [0, 0.1) is 0 Å². The molecule has 2 N–H and O–H groups in total. The third-order valence-electron chi connectivity index (χ3n) is 4.40. The summed E-state index contributed by atoms with van der Waals surface area (Å²) in [5.41, 5.74) is -0.823. The average molecular weight is 395 g/mol. The van der Waals surface area contributed by atoms with Crippen molar-refractivity contribution in [2.45, 2.75) is 36.1 Å². The van der Waals surface area contributed by atoms with Gasteiger partial charge in [-0.2, -0.15) is 5.10 Å². The molecule has 0 bridgehead atoms. The highest BCUT2D eigenvalue weighted by molar-refractivity contribution is 7.91. The smallest absolute Gasteiger partial charge is 0.298 e. The number of aryl methyl sites for hydroxylation is 1. The van der Waals surface area contributed by atoms with Gasteiger partial charge in [-0.05, 0) is 25.8 Å². The van der Waals surface area contributed by atoms with Gasteiger partial charge in [0.1, 0.15) is 9.04 Å². The summed E-state index contributed by atoms with van der Waals surface area (Å²) in [4.78, 5) is 27.8. The lowest BCUT2D eigenvalue weighted by molar-refractivity contribution is 0.560. The van der Waals surface area contributed by atoms with Crippen molar-refractivity contribution >= 4 is 31.6 Å². The van der Waals surface area contributed by atoms with E-state index < -0.39 is 26.8 Å². The third-order valence-corrected chi connectivity index (χ3v) is 7.56. The Hall–Kier alpha value is -2.24. The highest BCUT2D eigenvalue weighted by Gasteiger charge is 2.41. The SMILES string of the molecule is Cn1cc(Cn2c(=O)[nH]c3sc(S(=O)(=O)NC4(C)CC4)cc3c2=O)cn1. The molecule has 26 heavy (non-hydrogen) atoms. The summed E-state index contributed by atoms with van der Waals surface area (Å²) in [6.07, 6.45) is 4.84. The molecule has 138 valence electrons. The Morgan fingerprint density at radius 2 is 2.12 bits per heavy atom. The molecular formula is C15H17N5O4S2. The van der Waals surface area contributed by atoms with Crippen molar-refractivity contribution in [3.05, 3.63) is 44.9 Å². The van der Waals surface area contributed by atoms with Gasteiger partial charge >= 0.3 is 5.69 Å². The average Bonchev–Trinajstić information content (AvgIpc) is 2.96. The van der Waals surface area contributed by atoms with Gasteiger partial charge in [-0.25, -0.2) is 17.9 Å². The molecule has 0 radical (unpaired) electrons. The number of hydrogen-bond acceptors (Lipinski definition) is 6. The topological polar surface area (TPSA) is 119 Å². The summed E-state index contributed by atoms with van der Waals surface area (Å²) >= 11 is 0.884. The second-order valence-electron chi connectivity index (χ2n) is 6.82. The fourth-order valence-corrected chi connectivity index (χ4v) is 5.51. The molecule has 0 aliphatic heterocycles. The highest BCUT2D eigenvalue weighted by Crippen LogP contribution is 2.37. The molecule has 0 spiro atoms. The molecule has 1 fully saturated rings. The molecule has 0 saturated heterocycles. The maximum Gasteiger partial charge on any atom is 0.329 e. The molecule has 3 aromatic rings. The monoisotopic (exact) mass is 395 g/mol. The number of sulfonamides is 1. The number of nitrogens with one attached hydrogen (secondary N) is 2. The lowest BCUT2D eigenvalue weighted by Gasteiger charge is -2.09. The van der Waals surface area contributed by atoms with Gasteiger partial charge < -0.3 is 0 Å². The maximum absolute atomic E-state index is 12.7. The first kappa shape index (κ1) is 17.2. The molecule has 0 aromatic carbocycles. The van der Waals surface area contributed by atoms with E-state index in [1.54, 1.807) is 24.1 Å². The van der Waals surface area contributed by atoms with E-state index in [9.17, 15) is 18.0 Å². The van der Waals surface area contributed by atoms with Crippen LogP contribution in [0.15, 0.2) is 32.3 Å². The molecular weight excluding hydrogens is 378 g/mol. The quantitative estimate of drug-likeness (QED) is 0.647. The number of aromatic nitrogens is 4. The predicted molar refractivity (Wildman–Crippen MR) is 97.0 cm³/mol. The Morgan fingerprint density at radius 1 is 1.38 bits per heavy atom. The van der Waals surface area contributed by atoms with Gasteiger partial charge in [0, 0.05) is 24.3 Å². The van der Waals surface area contributed by atoms with Crippen LogP contribution in [-0.2, 0) is 23.6 Å². The van der Waals surface area contributed by atoms with Gasteiger partial charge in [-0.1, -0.05) is 0 Å². The van der Waals surface area contributed by atoms with Crippen molar-refractivity contribution in [1.29, 1.82) is 0 Å². The van der Waals surface area contributed by atoms with Crippen molar-refractivity contribution in [2.24, 2.45) is 7.05 Å². The minimum absolute atomic E-state index is 0.0208. The predicted octanol–water partition coefficient (Wildman–Crippen LogP) is 0.364. The first-order valence-electron chi connectivity index (χ1n) is 7.95. The molecule has 9 nitrogen and oxygen atoms in total. The van der Waals surface area contributed by atoms with E-state index in [0.717, 1.165) is 28.7 Å². The van der Waals surface area contributed by atoms with Gasteiger partial charge in [0.2, 0.25) is 0 Å². The van der Waals surface area contributed by atoms with E-state index in [1.807, 2.05) is 6.92 Å². The third kappa shape index (κ3) is 3.02. The Balaban J connectivity index is 1.78. The number of aromatic amines is 1. The molecule has 0 atom stereocenters. The van der Waals surface area contributed by atoms with Gasteiger partial charge in [-0.3, -0.25) is 19.0 Å².